The molecule has 1 N–H and O–H groups in total. The Balaban J connectivity index is 2.15. The van der Waals surface area contributed by atoms with Crippen LogP contribution in [0.1, 0.15) is 11.1 Å². The zero-order valence-corrected chi connectivity index (χ0v) is 11.3. The number of nitrogens with one attached hydrogen (secondary N) is 1. The lowest BCUT2D eigenvalue weighted by Crippen LogP contribution is -2.04. The van der Waals surface area contributed by atoms with Gasteiger partial charge in [0, 0.05) is 11.6 Å². The Morgan fingerprint density at radius 1 is 1.11 bits per heavy atom. The van der Waals surface area contributed by atoms with Gasteiger partial charge in [-0.2, -0.15) is 0 Å². The van der Waals surface area contributed by atoms with E-state index in [4.69, 9.17) is 16.3 Å². The molecule has 0 aliphatic carbocycles. The van der Waals surface area contributed by atoms with E-state index in [0.29, 0.717) is 5.02 Å². The van der Waals surface area contributed by atoms with Gasteiger partial charge in [-0.25, -0.2) is 0 Å². The van der Waals surface area contributed by atoms with Gasteiger partial charge in [0.15, 0.2) is 0 Å². The highest BCUT2D eigenvalue weighted by Gasteiger charge is 2.02. The number of rotatable bonds is 4. The van der Waals surface area contributed by atoms with Crippen LogP contribution in [0.5, 0.6) is 11.5 Å². The number of hydrogen-bond acceptors (Lipinski definition) is 2. The second-order valence-electron chi connectivity index (χ2n) is 4.19. The van der Waals surface area contributed by atoms with E-state index < -0.39 is 0 Å². The molecule has 0 aliphatic heterocycles. The summed E-state index contributed by atoms with van der Waals surface area (Å²) < 4.78 is 5.82. The van der Waals surface area contributed by atoms with Crippen LogP contribution in [0.15, 0.2) is 42.5 Å². The molecule has 0 saturated carbocycles. The first-order chi connectivity index (χ1) is 8.69. The summed E-state index contributed by atoms with van der Waals surface area (Å²) in [6.07, 6.45) is 0. The largest absolute Gasteiger partial charge is 0.457 e. The van der Waals surface area contributed by atoms with Crippen molar-refractivity contribution in [3.05, 3.63) is 58.6 Å². The molecule has 2 rings (SSSR count). The average Bonchev–Trinajstić information content (AvgIpc) is 2.37. The van der Waals surface area contributed by atoms with E-state index in [-0.39, 0.29) is 0 Å². The van der Waals surface area contributed by atoms with Gasteiger partial charge in [0.2, 0.25) is 0 Å². The maximum Gasteiger partial charge on any atom is 0.131 e. The molecule has 0 radical (unpaired) electrons. The van der Waals surface area contributed by atoms with Crippen LogP contribution < -0.4 is 10.1 Å². The Bertz CT molecular complexity index is 523. The molecule has 0 heterocycles. The van der Waals surface area contributed by atoms with E-state index in [1.807, 2.05) is 56.4 Å². The number of hydrogen-bond donors (Lipinski definition) is 1. The lowest BCUT2D eigenvalue weighted by molar-refractivity contribution is 0.478. The molecule has 0 aromatic heterocycles. The monoisotopic (exact) mass is 261 g/mol. The smallest absolute Gasteiger partial charge is 0.131 e. The standard InChI is InChI=1S/C15H16ClNO/c1-11-3-6-13(16)9-15(11)18-14-7-4-12(5-8-14)10-17-2/h3-9,17H,10H2,1-2H3. The van der Waals surface area contributed by atoms with E-state index in [2.05, 4.69) is 5.32 Å². The van der Waals surface area contributed by atoms with Crippen LogP contribution in [0, 0.1) is 6.92 Å². The van der Waals surface area contributed by atoms with Crippen LogP contribution >= 0.6 is 11.6 Å². The Hall–Kier alpha value is -1.51. The van der Waals surface area contributed by atoms with Crippen molar-refractivity contribution in [2.45, 2.75) is 13.5 Å². The highest BCUT2D eigenvalue weighted by atomic mass is 35.5. The van der Waals surface area contributed by atoms with E-state index in [9.17, 15) is 0 Å². The molecule has 0 unspecified atom stereocenters. The molecule has 0 saturated heterocycles. The first-order valence-corrected chi connectivity index (χ1v) is 6.24. The zero-order valence-electron chi connectivity index (χ0n) is 10.5. The highest BCUT2D eigenvalue weighted by molar-refractivity contribution is 6.30. The molecule has 0 spiro atoms. The fourth-order valence-electron chi connectivity index (χ4n) is 1.69. The van der Waals surface area contributed by atoms with Crippen molar-refractivity contribution in [1.82, 2.24) is 5.32 Å². The number of benzene rings is 2. The van der Waals surface area contributed by atoms with Gasteiger partial charge in [-0.05, 0) is 49.4 Å². The molecule has 2 aromatic carbocycles. The summed E-state index contributed by atoms with van der Waals surface area (Å²) in [7, 11) is 1.93. The van der Waals surface area contributed by atoms with E-state index in [0.717, 1.165) is 23.6 Å². The first kappa shape index (κ1) is 12.9. The van der Waals surface area contributed by atoms with Crippen molar-refractivity contribution in [1.29, 1.82) is 0 Å². The van der Waals surface area contributed by atoms with Gasteiger partial charge in [-0.1, -0.05) is 29.8 Å². The van der Waals surface area contributed by atoms with Crippen LogP contribution in [-0.2, 0) is 6.54 Å². The first-order valence-electron chi connectivity index (χ1n) is 5.86. The maximum atomic E-state index is 5.96. The fraction of sp³-hybridized carbons (Fsp3) is 0.200. The third-order valence-electron chi connectivity index (χ3n) is 2.68. The molecule has 0 fully saturated rings. The van der Waals surface area contributed by atoms with E-state index >= 15 is 0 Å². The Morgan fingerprint density at radius 3 is 2.50 bits per heavy atom. The van der Waals surface area contributed by atoms with Crippen LogP contribution in [0.2, 0.25) is 5.02 Å². The minimum Gasteiger partial charge on any atom is -0.457 e. The Morgan fingerprint density at radius 2 is 1.83 bits per heavy atom. The molecule has 0 atom stereocenters. The molecule has 0 bridgehead atoms. The van der Waals surface area contributed by atoms with Crippen molar-refractivity contribution in [3.63, 3.8) is 0 Å². The van der Waals surface area contributed by atoms with Gasteiger partial charge in [0.1, 0.15) is 11.5 Å². The van der Waals surface area contributed by atoms with Crippen LogP contribution in [0.25, 0.3) is 0 Å². The third-order valence-corrected chi connectivity index (χ3v) is 2.92. The van der Waals surface area contributed by atoms with Gasteiger partial charge in [0.05, 0.1) is 0 Å². The van der Waals surface area contributed by atoms with Crippen molar-refractivity contribution in [2.24, 2.45) is 0 Å². The number of halogens is 1. The summed E-state index contributed by atoms with van der Waals surface area (Å²) in [5, 5.41) is 3.79. The van der Waals surface area contributed by atoms with Gasteiger partial charge in [0.25, 0.3) is 0 Å². The Labute approximate surface area is 113 Å². The molecular weight excluding hydrogens is 246 g/mol. The summed E-state index contributed by atoms with van der Waals surface area (Å²) in [6.45, 7) is 2.86. The van der Waals surface area contributed by atoms with Crippen molar-refractivity contribution in [2.75, 3.05) is 7.05 Å². The Kier molecular flexibility index (Phi) is 4.24. The minimum atomic E-state index is 0.683. The second-order valence-corrected chi connectivity index (χ2v) is 4.62. The maximum absolute atomic E-state index is 5.96. The lowest BCUT2D eigenvalue weighted by atomic mass is 10.2. The summed E-state index contributed by atoms with van der Waals surface area (Å²) in [5.74, 6) is 1.61. The summed E-state index contributed by atoms with van der Waals surface area (Å²) in [5.41, 5.74) is 2.30. The van der Waals surface area contributed by atoms with Crippen molar-refractivity contribution in [3.8, 4) is 11.5 Å². The molecule has 2 aromatic rings. The molecule has 0 amide bonds. The quantitative estimate of drug-likeness (QED) is 0.892. The summed E-state index contributed by atoms with van der Waals surface area (Å²) in [6, 6.07) is 13.7. The summed E-state index contributed by atoms with van der Waals surface area (Å²) in [4.78, 5) is 0. The predicted molar refractivity (Wildman–Crippen MR) is 75.5 cm³/mol. The molecule has 0 aliphatic rings. The average molecular weight is 262 g/mol. The van der Waals surface area contributed by atoms with Crippen LogP contribution in [0.4, 0.5) is 0 Å². The molecule has 2 nitrogen and oxygen atoms in total. The zero-order chi connectivity index (χ0) is 13.0. The highest BCUT2D eigenvalue weighted by Crippen LogP contribution is 2.27. The minimum absolute atomic E-state index is 0.683. The number of ether oxygens (including phenoxy) is 1. The molecule has 18 heavy (non-hydrogen) atoms. The lowest BCUT2D eigenvalue weighted by Gasteiger charge is -2.09. The summed E-state index contributed by atoms with van der Waals surface area (Å²) >= 11 is 5.96. The van der Waals surface area contributed by atoms with Gasteiger partial charge in [-0.15, -0.1) is 0 Å². The van der Waals surface area contributed by atoms with Crippen LogP contribution in [0.3, 0.4) is 0 Å². The van der Waals surface area contributed by atoms with Gasteiger partial charge < -0.3 is 10.1 Å². The number of aryl methyl sites for hydroxylation is 1. The van der Waals surface area contributed by atoms with E-state index in [1.54, 1.807) is 0 Å². The van der Waals surface area contributed by atoms with Crippen LogP contribution in [-0.4, -0.2) is 7.05 Å². The third kappa shape index (κ3) is 3.25. The SMILES string of the molecule is CNCc1ccc(Oc2cc(Cl)ccc2C)cc1. The second kappa shape index (κ2) is 5.89. The van der Waals surface area contributed by atoms with Gasteiger partial charge >= 0.3 is 0 Å². The normalized spacial score (nSPS) is 10.4. The molecule has 94 valence electrons. The van der Waals surface area contributed by atoms with Gasteiger partial charge in [-0.3, -0.25) is 0 Å². The molecule has 3 heteroatoms. The van der Waals surface area contributed by atoms with Crippen molar-refractivity contribution >= 4 is 11.6 Å². The topological polar surface area (TPSA) is 21.3 Å². The fourth-order valence-corrected chi connectivity index (χ4v) is 1.85. The van der Waals surface area contributed by atoms with E-state index in [1.165, 1.54) is 5.56 Å². The molecular formula is C15H16ClNO. The predicted octanol–water partition coefficient (Wildman–Crippen LogP) is 4.16. The van der Waals surface area contributed by atoms with Crippen molar-refractivity contribution < 1.29 is 4.74 Å².